The third kappa shape index (κ3) is 3.87. The van der Waals surface area contributed by atoms with Gasteiger partial charge in [-0.3, -0.25) is 9.59 Å². The first-order chi connectivity index (χ1) is 11.5. The number of nitrogens with two attached hydrogens (primary N) is 2. The van der Waals surface area contributed by atoms with Crippen LogP contribution in [0.5, 0.6) is 0 Å². The molecule has 24 heavy (non-hydrogen) atoms. The number of anilines is 1. The Bertz CT molecular complexity index is 786. The van der Waals surface area contributed by atoms with Crippen molar-refractivity contribution in [3.8, 4) is 0 Å². The molecule has 3 rings (SSSR count). The lowest BCUT2D eigenvalue weighted by Gasteiger charge is -2.07. The molecule has 1 aliphatic rings. The molecule has 0 atom stereocenters. The van der Waals surface area contributed by atoms with Crippen LogP contribution in [0, 0.1) is 5.92 Å². The number of carbonyl (C=O) groups is 2. The number of aromatic nitrogens is 2. The molecule has 7 nitrogen and oxygen atoms in total. The van der Waals surface area contributed by atoms with Crippen LogP contribution in [0.3, 0.4) is 0 Å². The lowest BCUT2D eigenvalue weighted by molar-refractivity contribution is 0.0950. The van der Waals surface area contributed by atoms with Crippen LogP contribution in [0.1, 0.15) is 44.9 Å². The molecule has 124 valence electrons. The Morgan fingerprint density at radius 2 is 2.08 bits per heavy atom. The van der Waals surface area contributed by atoms with E-state index in [1.54, 1.807) is 6.07 Å². The Hall–Kier alpha value is -2.96. The van der Waals surface area contributed by atoms with E-state index in [0.717, 1.165) is 12.1 Å². The van der Waals surface area contributed by atoms with Gasteiger partial charge in [0, 0.05) is 18.5 Å². The van der Waals surface area contributed by atoms with E-state index in [9.17, 15) is 9.59 Å². The van der Waals surface area contributed by atoms with E-state index in [0.29, 0.717) is 23.6 Å². The molecular weight excluding hydrogens is 306 g/mol. The highest BCUT2D eigenvalue weighted by atomic mass is 16.2. The molecule has 1 saturated carbocycles. The lowest BCUT2D eigenvalue weighted by atomic mass is 10.1. The lowest BCUT2D eigenvalue weighted by Crippen LogP contribution is -2.25. The first-order valence-corrected chi connectivity index (χ1v) is 7.81. The van der Waals surface area contributed by atoms with Crippen molar-refractivity contribution >= 4 is 17.6 Å². The number of hydrogen-bond acceptors (Lipinski definition) is 5. The van der Waals surface area contributed by atoms with E-state index >= 15 is 0 Å². The number of nitrogen functional groups attached to an aromatic ring is 1. The zero-order valence-electron chi connectivity index (χ0n) is 13.2. The van der Waals surface area contributed by atoms with E-state index in [1.165, 1.54) is 19.0 Å². The van der Waals surface area contributed by atoms with Crippen LogP contribution < -0.4 is 16.8 Å². The number of carbonyl (C=O) groups excluding carboxylic acids is 2. The molecule has 1 aliphatic carbocycles. The molecular formula is C17H19N5O2. The first-order valence-electron chi connectivity index (χ1n) is 7.81. The van der Waals surface area contributed by atoms with Crippen molar-refractivity contribution in [2.24, 2.45) is 11.7 Å². The van der Waals surface area contributed by atoms with Gasteiger partial charge in [0.1, 0.15) is 0 Å². The SMILES string of the molecule is NC(=O)c1nc(Cc2cccc(C(=O)NCC3CC3)c2)cnc1N. The molecule has 0 spiro atoms. The smallest absolute Gasteiger partial charge is 0.271 e. The van der Waals surface area contributed by atoms with Crippen LogP contribution in [-0.4, -0.2) is 28.3 Å². The molecule has 5 N–H and O–H groups in total. The Morgan fingerprint density at radius 1 is 1.29 bits per heavy atom. The predicted octanol–water partition coefficient (Wildman–Crippen LogP) is 0.888. The summed E-state index contributed by atoms with van der Waals surface area (Å²) < 4.78 is 0. The molecule has 7 heteroatoms. The zero-order chi connectivity index (χ0) is 17.1. The summed E-state index contributed by atoms with van der Waals surface area (Å²) in [6.07, 6.45) is 4.32. The molecule has 0 radical (unpaired) electrons. The van der Waals surface area contributed by atoms with Crippen molar-refractivity contribution in [1.29, 1.82) is 0 Å². The highest BCUT2D eigenvalue weighted by Gasteiger charge is 2.21. The van der Waals surface area contributed by atoms with Gasteiger partial charge in [-0.2, -0.15) is 0 Å². The number of nitrogens with one attached hydrogen (secondary N) is 1. The third-order valence-corrected chi connectivity index (χ3v) is 3.91. The Kier molecular flexibility index (Phi) is 4.41. The van der Waals surface area contributed by atoms with Gasteiger partial charge < -0.3 is 16.8 Å². The molecule has 1 heterocycles. The molecule has 0 unspecified atom stereocenters. The largest absolute Gasteiger partial charge is 0.382 e. The molecule has 1 aromatic carbocycles. The minimum atomic E-state index is -0.713. The van der Waals surface area contributed by atoms with Crippen LogP contribution in [-0.2, 0) is 6.42 Å². The average Bonchev–Trinajstić information content (AvgIpc) is 3.39. The highest BCUT2D eigenvalue weighted by Crippen LogP contribution is 2.27. The first kappa shape index (κ1) is 15.9. The molecule has 1 aromatic heterocycles. The van der Waals surface area contributed by atoms with Gasteiger partial charge in [-0.1, -0.05) is 12.1 Å². The fourth-order valence-electron chi connectivity index (χ4n) is 2.39. The van der Waals surface area contributed by atoms with Crippen molar-refractivity contribution in [2.45, 2.75) is 19.3 Å². The number of rotatable bonds is 6. The highest BCUT2D eigenvalue weighted by molar-refractivity contribution is 5.95. The molecule has 0 saturated heterocycles. The normalized spacial score (nSPS) is 13.5. The number of primary amides is 1. The van der Waals surface area contributed by atoms with Gasteiger partial charge in [0.25, 0.3) is 11.8 Å². The summed E-state index contributed by atoms with van der Waals surface area (Å²) in [7, 11) is 0. The number of nitrogens with zero attached hydrogens (tertiary/aromatic N) is 2. The van der Waals surface area contributed by atoms with Gasteiger partial charge in [0.2, 0.25) is 0 Å². The van der Waals surface area contributed by atoms with Gasteiger partial charge >= 0.3 is 0 Å². The standard InChI is InChI=1S/C17H19N5O2/c18-15-14(16(19)23)22-13(9-20-15)7-11-2-1-3-12(6-11)17(24)21-8-10-4-5-10/h1-3,6,9-10H,4-5,7-8H2,(H2,18,20)(H2,19,23)(H,21,24). The van der Waals surface area contributed by atoms with Gasteiger partial charge in [-0.05, 0) is 36.5 Å². The molecule has 2 amide bonds. The molecule has 0 aliphatic heterocycles. The summed E-state index contributed by atoms with van der Waals surface area (Å²) in [4.78, 5) is 31.5. The molecule has 0 bridgehead atoms. The maximum Gasteiger partial charge on any atom is 0.271 e. The van der Waals surface area contributed by atoms with Crippen molar-refractivity contribution in [1.82, 2.24) is 15.3 Å². The van der Waals surface area contributed by atoms with Gasteiger partial charge in [-0.15, -0.1) is 0 Å². The summed E-state index contributed by atoms with van der Waals surface area (Å²) in [5.41, 5.74) is 12.8. The van der Waals surface area contributed by atoms with Crippen molar-refractivity contribution in [2.75, 3.05) is 12.3 Å². The second-order valence-electron chi connectivity index (χ2n) is 5.99. The summed E-state index contributed by atoms with van der Waals surface area (Å²) in [5, 5.41) is 2.94. The minimum absolute atomic E-state index is 0.0134. The van der Waals surface area contributed by atoms with E-state index in [1.807, 2.05) is 18.2 Å². The summed E-state index contributed by atoms with van der Waals surface area (Å²) in [6.45, 7) is 0.731. The van der Waals surface area contributed by atoms with Crippen LogP contribution >= 0.6 is 0 Å². The van der Waals surface area contributed by atoms with Gasteiger partial charge in [0.05, 0.1) is 11.9 Å². The fraction of sp³-hybridized carbons (Fsp3) is 0.294. The van der Waals surface area contributed by atoms with Crippen molar-refractivity contribution in [3.63, 3.8) is 0 Å². The Morgan fingerprint density at radius 3 is 2.79 bits per heavy atom. The number of hydrogen-bond donors (Lipinski definition) is 3. The minimum Gasteiger partial charge on any atom is -0.382 e. The maximum absolute atomic E-state index is 12.2. The van der Waals surface area contributed by atoms with E-state index in [2.05, 4.69) is 15.3 Å². The Labute approximate surface area is 139 Å². The zero-order valence-corrected chi connectivity index (χ0v) is 13.2. The average molecular weight is 325 g/mol. The maximum atomic E-state index is 12.2. The predicted molar refractivity (Wildman–Crippen MR) is 89.3 cm³/mol. The van der Waals surface area contributed by atoms with Crippen LogP contribution in [0.15, 0.2) is 30.5 Å². The van der Waals surface area contributed by atoms with Crippen molar-refractivity contribution < 1.29 is 9.59 Å². The Balaban J connectivity index is 1.73. The van der Waals surface area contributed by atoms with Gasteiger partial charge in [-0.25, -0.2) is 9.97 Å². The topological polar surface area (TPSA) is 124 Å². The third-order valence-electron chi connectivity index (χ3n) is 3.91. The molecule has 1 fully saturated rings. The quantitative estimate of drug-likeness (QED) is 0.727. The number of amides is 2. The second-order valence-corrected chi connectivity index (χ2v) is 5.99. The number of benzene rings is 1. The molecule has 2 aromatic rings. The second kappa shape index (κ2) is 6.66. The van der Waals surface area contributed by atoms with Crippen LogP contribution in [0.2, 0.25) is 0 Å². The summed E-state index contributed by atoms with van der Waals surface area (Å²) >= 11 is 0. The van der Waals surface area contributed by atoms with E-state index in [4.69, 9.17) is 11.5 Å². The van der Waals surface area contributed by atoms with Crippen LogP contribution in [0.25, 0.3) is 0 Å². The summed E-state index contributed by atoms with van der Waals surface area (Å²) in [5.74, 6) is -0.145. The van der Waals surface area contributed by atoms with Crippen molar-refractivity contribution in [3.05, 3.63) is 53.0 Å². The summed E-state index contributed by atoms with van der Waals surface area (Å²) in [6, 6.07) is 7.29. The van der Waals surface area contributed by atoms with Crippen LogP contribution in [0.4, 0.5) is 5.82 Å². The van der Waals surface area contributed by atoms with Gasteiger partial charge in [0.15, 0.2) is 11.5 Å². The van der Waals surface area contributed by atoms with E-state index in [-0.39, 0.29) is 17.4 Å². The van der Waals surface area contributed by atoms with E-state index < -0.39 is 5.91 Å². The monoisotopic (exact) mass is 325 g/mol. The fourth-order valence-corrected chi connectivity index (χ4v) is 2.39.